The van der Waals surface area contributed by atoms with Crippen LogP contribution in [0, 0.1) is 0 Å². The van der Waals surface area contributed by atoms with Crippen molar-refractivity contribution in [2.45, 2.75) is 70.8 Å². The minimum Gasteiger partial charge on any atom is -0.494 e. The summed E-state index contributed by atoms with van der Waals surface area (Å²) < 4.78 is 5.80. The summed E-state index contributed by atoms with van der Waals surface area (Å²) in [5.74, 6) is 0.960. The van der Waals surface area contributed by atoms with Gasteiger partial charge >= 0.3 is 0 Å². The highest BCUT2D eigenvalue weighted by Crippen LogP contribution is 2.19. The molecule has 0 fully saturated rings. The molecule has 0 amide bonds. The summed E-state index contributed by atoms with van der Waals surface area (Å²) in [4.78, 5) is 0. The standard InChI is InChI=1S/C20H35NO2.H2/c1-4-6-7-8-9-16-23-19-12-10-18(11-13-19)14-15-20(5-2,17-22)21-3;/h10-13,21-22H,4-9,14-17H2,1-3H3;1H/t20-;/m1./s1. The van der Waals surface area contributed by atoms with E-state index in [1.165, 1.54) is 31.2 Å². The number of likely N-dealkylation sites (N-methyl/N-ethyl adjacent to an activating group) is 1. The molecule has 0 bridgehead atoms. The van der Waals surface area contributed by atoms with Crippen LogP contribution in [0.5, 0.6) is 5.75 Å². The van der Waals surface area contributed by atoms with Gasteiger partial charge in [-0.2, -0.15) is 0 Å². The molecule has 0 aliphatic heterocycles. The summed E-state index contributed by atoms with van der Waals surface area (Å²) >= 11 is 0. The lowest BCUT2D eigenvalue weighted by Gasteiger charge is -2.30. The van der Waals surface area contributed by atoms with Crippen molar-refractivity contribution in [2.75, 3.05) is 20.3 Å². The van der Waals surface area contributed by atoms with E-state index in [0.29, 0.717) is 0 Å². The molecule has 1 atom stereocenters. The maximum Gasteiger partial charge on any atom is 0.119 e. The summed E-state index contributed by atoms with van der Waals surface area (Å²) in [5.41, 5.74) is 1.13. The number of hydrogen-bond acceptors (Lipinski definition) is 3. The first-order valence-electron chi connectivity index (χ1n) is 9.21. The van der Waals surface area contributed by atoms with E-state index >= 15 is 0 Å². The van der Waals surface area contributed by atoms with Crippen LogP contribution < -0.4 is 10.1 Å². The Morgan fingerprint density at radius 2 is 1.78 bits per heavy atom. The molecular formula is C20H37NO2. The fraction of sp³-hybridized carbons (Fsp3) is 0.700. The summed E-state index contributed by atoms with van der Waals surface area (Å²) in [6, 6.07) is 8.40. The summed E-state index contributed by atoms with van der Waals surface area (Å²) in [5, 5.41) is 12.9. The SMILES string of the molecule is CCCCCCCOc1ccc(CC[C@](CC)(CO)NC)cc1.[HH]. The van der Waals surface area contributed by atoms with Crippen molar-refractivity contribution >= 4 is 0 Å². The van der Waals surface area contributed by atoms with E-state index in [9.17, 15) is 5.11 Å². The van der Waals surface area contributed by atoms with Gasteiger partial charge in [0.1, 0.15) is 5.75 Å². The summed E-state index contributed by atoms with van der Waals surface area (Å²) in [7, 11) is 1.93. The Kier molecular flexibility index (Phi) is 9.97. The van der Waals surface area contributed by atoms with Crippen LogP contribution in [0.4, 0.5) is 0 Å². The average molecular weight is 324 g/mol. The fourth-order valence-corrected chi connectivity index (χ4v) is 2.78. The molecule has 0 unspecified atom stereocenters. The lowest BCUT2D eigenvalue weighted by Crippen LogP contribution is -2.46. The van der Waals surface area contributed by atoms with Crippen LogP contribution in [0.1, 0.15) is 65.8 Å². The van der Waals surface area contributed by atoms with Crippen molar-refractivity contribution in [2.24, 2.45) is 0 Å². The maximum atomic E-state index is 9.59. The van der Waals surface area contributed by atoms with Crippen molar-refractivity contribution in [1.82, 2.24) is 5.32 Å². The highest BCUT2D eigenvalue weighted by atomic mass is 16.5. The Morgan fingerprint density at radius 3 is 2.35 bits per heavy atom. The fourth-order valence-electron chi connectivity index (χ4n) is 2.78. The van der Waals surface area contributed by atoms with Crippen LogP contribution in [-0.2, 0) is 6.42 Å². The number of nitrogens with one attached hydrogen (secondary N) is 1. The molecule has 0 saturated carbocycles. The van der Waals surface area contributed by atoms with Crippen LogP contribution in [0.15, 0.2) is 24.3 Å². The molecule has 0 heterocycles. The van der Waals surface area contributed by atoms with Crippen molar-refractivity contribution in [3.8, 4) is 5.75 Å². The number of ether oxygens (including phenoxy) is 1. The molecular weight excluding hydrogens is 286 g/mol. The third-order valence-electron chi connectivity index (χ3n) is 4.84. The van der Waals surface area contributed by atoms with Gasteiger partial charge in [0.15, 0.2) is 0 Å². The van der Waals surface area contributed by atoms with Crippen LogP contribution >= 0.6 is 0 Å². The second-order valence-electron chi connectivity index (χ2n) is 6.45. The first kappa shape index (κ1) is 20.0. The molecule has 1 rings (SSSR count). The first-order chi connectivity index (χ1) is 11.2. The molecule has 0 radical (unpaired) electrons. The van der Waals surface area contributed by atoms with Crippen molar-refractivity contribution in [3.63, 3.8) is 0 Å². The first-order valence-corrected chi connectivity index (χ1v) is 9.21. The maximum absolute atomic E-state index is 9.59. The van der Waals surface area contributed by atoms with Gasteiger partial charge in [0, 0.05) is 6.97 Å². The highest BCUT2D eigenvalue weighted by Gasteiger charge is 2.24. The molecule has 1 aromatic rings. The Balaban J connectivity index is 0.00000529. The normalized spacial score (nSPS) is 13.7. The largest absolute Gasteiger partial charge is 0.494 e. The third kappa shape index (κ3) is 7.36. The van der Waals surface area contributed by atoms with E-state index < -0.39 is 0 Å². The van der Waals surface area contributed by atoms with Crippen molar-refractivity contribution in [3.05, 3.63) is 29.8 Å². The van der Waals surface area contributed by atoms with Gasteiger partial charge in [-0.05, 0) is 50.4 Å². The van der Waals surface area contributed by atoms with E-state index in [1.54, 1.807) is 0 Å². The van der Waals surface area contributed by atoms with Crippen LogP contribution in [-0.4, -0.2) is 30.9 Å². The van der Waals surface area contributed by atoms with E-state index in [0.717, 1.165) is 38.0 Å². The van der Waals surface area contributed by atoms with Gasteiger partial charge in [-0.3, -0.25) is 0 Å². The lowest BCUT2D eigenvalue weighted by atomic mass is 9.89. The third-order valence-corrected chi connectivity index (χ3v) is 4.84. The second kappa shape index (κ2) is 11.5. The number of aliphatic hydroxyl groups excluding tert-OH is 1. The number of aliphatic hydroxyl groups is 1. The van der Waals surface area contributed by atoms with Gasteiger partial charge < -0.3 is 15.2 Å². The van der Waals surface area contributed by atoms with Gasteiger partial charge in [-0.15, -0.1) is 0 Å². The van der Waals surface area contributed by atoms with Gasteiger partial charge in [0.2, 0.25) is 0 Å². The van der Waals surface area contributed by atoms with Crippen molar-refractivity contribution in [1.29, 1.82) is 0 Å². The molecule has 3 heteroatoms. The molecule has 134 valence electrons. The molecule has 3 nitrogen and oxygen atoms in total. The second-order valence-corrected chi connectivity index (χ2v) is 6.45. The lowest BCUT2D eigenvalue weighted by molar-refractivity contribution is 0.155. The number of benzene rings is 1. The number of hydrogen-bond donors (Lipinski definition) is 2. The van der Waals surface area contributed by atoms with Gasteiger partial charge in [-0.25, -0.2) is 0 Å². The smallest absolute Gasteiger partial charge is 0.119 e. The van der Waals surface area contributed by atoms with Gasteiger partial charge in [0.05, 0.1) is 13.2 Å². The van der Waals surface area contributed by atoms with Gasteiger partial charge in [0.25, 0.3) is 0 Å². The molecule has 1 aromatic carbocycles. The Hall–Kier alpha value is -1.06. The quantitative estimate of drug-likeness (QED) is 0.522. The topological polar surface area (TPSA) is 41.5 Å². The average Bonchev–Trinajstić information content (AvgIpc) is 2.61. The summed E-state index contributed by atoms with van der Waals surface area (Å²) in [6.45, 7) is 5.34. The number of aryl methyl sites for hydroxylation is 1. The molecule has 0 saturated heterocycles. The van der Waals surface area contributed by atoms with E-state index in [4.69, 9.17) is 4.74 Å². The van der Waals surface area contributed by atoms with Crippen LogP contribution in [0.3, 0.4) is 0 Å². The Bertz CT molecular complexity index is 396. The van der Waals surface area contributed by atoms with E-state index in [-0.39, 0.29) is 13.6 Å². The van der Waals surface area contributed by atoms with Gasteiger partial charge in [-0.1, -0.05) is 51.7 Å². The molecule has 0 aliphatic rings. The zero-order valence-electron chi connectivity index (χ0n) is 15.2. The molecule has 0 spiro atoms. The van der Waals surface area contributed by atoms with Crippen LogP contribution in [0.2, 0.25) is 0 Å². The molecule has 0 aromatic heterocycles. The zero-order chi connectivity index (χ0) is 17.0. The number of rotatable bonds is 13. The van der Waals surface area contributed by atoms with E-state index in [1.807, 2.05) is 7.05 Å². The Labute approximate surface area is 143 Å². The van der Waals surface area contributed by atoms with Crippen molar-refractivity contribution < 1.29 is 11.3 Å². The van der Waals surface area contributed by atoms with E-state index in [2.05, 4.69) is 43.4 Å². The minimum absolute atomic E-state index is 0. The number of unbranched alkanes of at least 4 members (excludes halogenated alkanes) is 4. The molecule has 23 heavy (non-hydrogen) atoms. The minimum atomic E-state index is -0.159. The monoisotopic (exact) mass is 323 g/mol. The predicted octanol–water partition coefficient (Wildman–Crippen LogP) is 4.57. The zero-order valence-corrected chi connectivity index (χ0v) is 15.2. The van der Waals surface area contributed by atoms with Crippen LogP contribution in [0.25, 0.3) is 0 Å². The molecule has 2 N–H and O–H groups in total. The Morgan fingerprint density at radius 1 is 1.09 bits per heavy atom. The predicted molar refractivity (Wildman–Crippen MR) is 100 cm³/mol. The highest BCUT2D eigenvalue weighted by molar-refractivity contribution is 5.27. The summed E-state index contributed by atoms with van der Waals surface area (Å²) in [6.07, 6.45) is 9.16. The molecule has 0 aliphatic carbocycles.